The van der Waals surface area contributed by atoms with Crippen molar-refractivity contribution in [3.8, 4) is 0 Å². The normalized spacial score (nSPS) is 11.1. The predicted molar refractivity (Wildman–Crippen MR) is 139 cm³/mol. The van der Waals surface area contributed by atoms with Crippen LogP contribution < -0.4 is 10.5 Å². The summed E-state index contributed by atoms with van der Waals surface area (Å²) in [4.78, 5) is 20.9. The van der Waals surface area contributed by atoms with Crippen molar-refractivity contribution in [2.45, 2.75) is 19.5 Å². The molecule has 0 bridgehead atoms. The van der Waals surface area contributed by atoms with Crippen LogP contribution in [0.25, 0.3) is 10.9 Å². The molecule has 0 fully saturated rings. The quantitative estimate of drug-likeness (QED) is 0.323. The smallest absolute Gasteiger partial charge is 0.262 e. The van der Waals surface area contributed by atoms with E-state index in [9.17, 15) is 4.79 Å². The molecule has 1 aromatic heterocycles. The molecule has 0 radical (unpaired) electrons. The van der Waals surface area contributed by atoms with Crippen LogP contribution in [0, 0.1) is 6.92 Å². The van der Waals surface area contributed by atoms with Crippen molar-refractivity contribution < 1.29 is 0 Å². The zero-order valence-electron chi connectivity index (χ0n) is 19.4. The van der Waals surface area contributed by atoms with Crippen molar-refractivity contribution in [2.24, 2.45) is 0 Å². The molecular weight excluding hydrogens is 418 g/mol. The molecule has 0 saturated heterocycles. The summed E-state index contributed by atoms with van der Waals surface area (Å²) >= 11 is 0. The second-order valence-corrected chi connectivity index (χ2v) is 8.60. The maximum Gasteiger partial charge on any atom is 0.262 e. The summed E-state index contributed by atoms with van der Waals surface area (Å²) in [6.07, 6.45) is 0. The Morgan fingerprint density at radius 1 is 0.794 bits per heavy atom. The Balaban J connectivity index is 1.60. The summed E-state index contributed by atoms with van der Waals surface area (Å²) < 4.78 is 1.82. The highest BCUT2D eigenvalue weighted by Crippen LogP contribution is 2.28. The molecule has 5 aromatic rings. The summed E-state index contributed by atoms with van der Waals surface area (Å²) in [6, 6.07) is 36.3. The Morgan fingerprint density at radius 3 is 1.94 bits per heavy atom. The van der Waals surface area contributed by atoms with E-state index in [0.29, 0.717) is 11.2 Å². The Morgan fingerprint density at radius 2 is 1.35 bits per heavy atom. The van der Waals surface area contributed by atoms with E-state index < -0.39 is 0 Å². The number of hydrogen-bond acceptors (Lipinski definition) is 3. The molecule has 34 heavy (non-hydrogen) atoms. The molecule has 0 aliphatic carbocycles. The Kier molecular flexibility index (Phi) is 5.96. The molecule has 4 heteroatoms. The molecule has 0 spiro atoms. The third kappa shape index (κ3) is 4.23. The minimum atomic E-state index is -0.243. The fraction of sp³-hybridized carbons (Fsp3) is 0.133. The van der Waals surface area contributed by atoms with Crippen LogP contribution in [0.4, 0.5) is 5.69 Å². The standard InChI is InChI=1S/C30H27N3O/c1-22-31-28-20-26(32(2)21-23-12-6-3-7-13-23)18-19-27(28)30(34)33(22)29(24-14-8-4-9-15-24)25-16-10-5-11-17-25/h3-20,29H,21H2,1-2H3. The largest absolute Gasteiger partial charge is 0.370 e. The van der Waals surface area contributed by atoms with E-state index in [0.717, 1.165) is 28.9 Å². The van der Waals surface area contributed by atoms with E-state index in [4.69, 9.17) is 4.98 Å². The number of fused-ring (bicyclic) bond motifs is 1. The number of aromatic nitrogens is 2. The topological polar surface area (TPSA) is 38.1 Å². The first-order valence-corrected chi connectivity index (χ1v) is 11.5. The average Bonchev–Trinajstić information content (AvgIpc) is 2.88. The van der Waals surface area contributed by atoms with Crippen molar-refractivity contribution in [1.82, 2.24) is 9.55 Å². The first-order valence-electron chi connectivity index (χ1n) is 11.5. The summed E-state index contributed by atoms with van der Waals surface area (Å²) in [7, 11) is 2.06. The molecule has 0 aliphatic rings. The van der Waals surface area contributed by atoms with Gasteiger partial charge in [-0.2, -0.15) is 0 Å². The lowest BCUT2D eigenvalue weighted by Gasteiger charge is -2.24. The van der Waals surface area contributed by atoms with Crippen molar-refractivity contribution in [3.05, 3.63) is 142 Å². The van der Waals surface area contributed by atoms with Crippen LogP contribution in [-0.4, -0.2) is 16.6 Å². The third-order valence-electron chi connectivity index (χ3n) is 6.25. The maximum atomic E-state index is 13.8. The zero-order chi connectivity index (χ0) is 23.5. The third-order valence-corrected chi connectivity index (χ3v) is 6.25. The van der Waals surface area contributed by atoms with Gasteiger partial charge in [0.2, 0.25) is 0 Å². The van der Waals surface area contributed by atoms with Crippen molar-refractivity contribution in [2.75, 3.05) is 11.9 Å². The van der Waals surface area contributed by atoms with Crippen molar-refractivity contribution in [1.29, 1.82) is 0 Å². The second kappa shape index (κ2) is 9.36. The number of benzene rings is 4. The Bertz CT molecular complexity index is 1420. The van der Waals surface area contributed by atoms with E-state index in [1.54, 1.807) is 0 Å². The van der Waals surface area contributed by atoms with Crippen LogP contribution in [0.2, 0.25) is 0 Å². The first kappa shape index (κ1) is 21.7. The van der Waals surface area contributed by atoms with Gasteiger partial charge in [0.25, 0.3) is 5.56 Å². The highest BCUT2D eigenvalue weighted by atomic mass is 16.1. The van der Waals surface area contributed by atoms with Gasteiger partial charge in [0.05, 0.1) is 16.9 Å². The summed E-state index contributed by atoms with van der Waals surface area (Å²) in [5.41, 5.74) is 5.06. The summed E-state index contributed by atoms with van der Waals surface area (Å²) in [5, 5.41) is 0.624. The van der Waals surface area contributed by atoms with Crippen LogP contribution in [0.1, 0.15) is 28.6 Å². The number of nitrogens with zero attached hydrogens (tertiary/aromatic N) is 3. The van der Waals surface area contributed by atoms with Crippen molar-refractivity contribution in [3.63, 3.8) is 0 Å². The maximum absolute atomic E-state index is 13.8. The lowest BCUT2D eigenvalue weighted by Crippen LogP contribution is -2.29. The average molecular weight is 446 g/mol. The van der Waals surface area contributed by atoms with E-state index in [1.165, 1.54) is 5.56 Å². The molecule has 0 atom stereocenters. The molecular formula is C30H27N3O. The van der Waals surface area contributed by atoms with Crippen molar-refractivity contribution >= 4 is 16.6 Å². The fourth-order valence-electron chi connectivity index (χ4n) is 4.55. The van der Waals surface area contributed by atoms with Gasteiger partial charge in [0.1, 0.15) is 5.82 Å². The van der Waals surface area contributed by atoms with Crippen LogP contribution in [0.15, 0.2) is 114 Å². The predicted octanol–water partition coefficient (Wildman–Crippen LogP) is 5.98. The number of anilines is 1. The van der Waals surface area contributed by atoms with Crippen LogP contribution in [0.3, 0.4) is 0 Å². The molecule has 4 aromatic carbocycles. The SMILES string of the molecule is Cc1nc2cc(N(C)Cc3ccccc3)ccc2c(=O)n1C(c1ccccc1)c1ccccc1. The van der Waals surface area contributed by atoms with E-state index in [-0.39, 0.29) is 11.6 Å². The van der Waals surface area contributed by atoms with Gasteiger partial charge in [-0.15, -0.1) is 0 Å². The van der Waals surface area contributed by atoms with Gasteiger partial charge in [-0.05, 0) is 41.8 Å². The molecule has 0 aliphatic heterocycles. The van der Waals surface area contributed by atoms with Gasteiger partial charge in [-0.25, -0.2) is 4.98 Å². The number of hydrogen-bond donors (Lipinski definition) is 0. The van der Waals surface area contributed by atoms with E-state index in [2.05, 4.69) is 48.3 Å². The molecule has 4 nitrogen and oxygen atoms in total. The van der Waals surface area contributed by atoms with Crippen LogP contribution in [0.5, 0.6) is 0 Å². The highest BCUT2D eigenvalue weighted by molar-refractivity contribution is 5.81. The van der Waals surface area contributed by atoms with Gasteiger partial charge >= 0.3 is 0 Å². The van der Waals surface area contributed by atoms with Gasteiger partial charge in [-0.1, -0.05) is 91.0 Å². The van der Waals surface area contributed by atoms with Crippen LogP contribution >= 0.6 is 0 Å². The molecule has 1 heterocycles. The summed E-state index contributed by atoms with van der Waals surface area (Å²) in [5.74, 6) is 0.693. The molecule has 0 amide bonds. The lowest BCUT2D eigenvalue weighted by atomic mass is 9.98. The molecule has 0 saturated carbocycles. The van der Waals surface area contributed by atoms with Gasteiger partial charge in [0, 0.05) is 19.3 Å². The molecule has 0 N–H and O–H groups in total. The number of aryl methyl sites for hydroxylation is 1. The van der Waals surface area contributed by atoms with Crippen LogP contribution in [-0.2, 0) is 6.54 Å². The van der Waals surface area contributed by atoms with Gasteiger partial charge < -0.3 is 4.90 Å². The minimum absolute atomic E-state index is 0.0301. The Hall–Kier alpha value is -4.18. The zero-order valence-corrected chi connectivity index (χ0v) is 19.4. The Labute approximate surface area is 199 Å². The second-order valence-electron chi connectivity index (χ2n) is 8.60. The van der Waals surface area contributed by atoms with Gasteiger partial charge in [-0.3, -0.25) is 9.36 Å². The molecule has 0 unspecified atom stereocenters. The van der Waals surface area contributed by atoms with E-state index in [1.807, 2.05) is 84.3 Å². The fourth-order valence-corrected chi connectivity index (χ4v) is 4.55. The van der Waals surface area contributed by atoms with E-state index >= 15 is 0 Å². The highest BCUT2D eigenvalue weighted by Gasteiger charge is 2.21. The molecule has 168 valence electrons. The summed E-state index contributed by atoms with van der Waals surface area (Å²) in [6.45, 7) is 2.70. The monoisotopic (exact) mass is 445 g/mol. The lowest BCUT2D eigenvalue weighted by molar-refractivity contribution is 0.620. The first-order chi connectivity index (χ1) is 16.6. The number of rotatable bonds is 6. The minimum Gasteiger partial charge on any atom is -0.370 e. The van der Waals surface area contributed by atoms with Gasteiger partial charge in [0.15, 0.2) is 0 Å². The molecule has 5 rings (SSSR count).